The van der Waals surface area contributed by atoms with Crippen molar-refractivity contribution in [2.45, 2.75) is 44.1 Å². The van der Waals surface area contributed by atoms with E-state index in [4.69, 9.17) is 0 Å². The molecule has 0 aromatic rings. The van der Waals surface area contributed by atoms with E-state index in [0.29, 0.717) is 13.8 Å². The van der Waals surface area contributed by atoms with Crippen LogP contribution in [0.5, 0.6) is 0 Å². The Labute approximate surface area is 83.4 Å². The predicted octanol–water partition coefficient (Wildman–Crippen LogP) is 3.34. The molecule has 15 heavy (non-hydrogen) atoms. The molecule has 0 aliphatic carbocycles. The van der Waals surface area contributed by atoms with E-state index in [2.05, 4.69) is 4.74 Å². The number of methoxy groups -OCH3 is 1. The average molecular weight is 238 g/mol. The SMILES string of the molecule is COC(F)(F)C(F)(F)C(C)(F)C(C)(C)F. The van der Waals surface area contributed by atoms with Crippen LogP contribution in [0.2, 0.25) is 0 Å². The van der Waals surface area contributed by atoms with Crippen molar-refractivity contribution in [1.29, 1.82) is 0 Å². The van der Waals surface area contributed by atoms with Gasteiger partial charge in [0.05, 0.1) is 0 Å². The minimum atomic E-state index is -5.27. The van der Waals surface area contributed by atoms with Crippen molar-refractivity contribution in [1.82, 2.24) is 0 Å². The van der Waals surface area contributed by atoms with Crippen LogP contribution in [0.3, 0.4) is 0 Å². The Hall–Kier alpha value is -0.460. The van der Waals surface area contributed by atoms with Gasteiger partial charge in [-0.2, -0.15) is 17.6 Å². The van der Waals surface area contributed by atoms with E-state index in [-0.39, 0.29) is 14.0 Å². The molecule has 0 heterocycles. The Morgan fingerprint density at radius 1 is 0.800 bits per heavy atom. The van der Waals surface area contributed by atoms with Crippen molar-refractivity contribution >= 4 is 0 Å². The van der Waals surface area contributed by atoms with Crippen molar-refractivity contribution < 1.29 is 31.1 Å². The summed E-state index contributed by atoms with van der Waals surface area (Å²) >= 11 is 0. The van der Waals surface area contributed by atoms with Crippen LogP contribution in [-0.4, -0.2) is 30.5 Å². The number of rotatable bonds is 4. The van der Waals surface area contributed by atoms with Gasteiger partial charge in [-0.15, -0.1) is 0 Å². The number of alkyl halides is 6. The third-order valence-electron chi connectivity index (χ3n) is 2.33. The first-order chi connectivity index (χ1) is 6.31. The van der Waals surface area contributed by atoms with E-state index in [1.807, 2.05) is 0 Å². The summed E-state index contributed by atoms with van der Waals surface area (Å²) in [5.41, 5.74) is -7.20. The molecule has 0 N–H and O–H groups in total. The van der Waals surface area contributed by atoms with Crippen LogP contribution in [0.25, 0.3) is 0 Å². The van der Waals surface area contributed by atoms with E-state index >= 15 is 0 Å². The van der Waals surface area contributed by atoms with Crippen molar-refractivity contribution in [3.8, 4) is 0 Å². The fourth-order valence-electron chi connectivity index (χ4n) is 0.775. The summed E-state index contributed by atoms with van der Waals surface area (Å²) in [5, 5.41) is 0. The van der Waals surface area contributed by atoms with Gasteiger partial charge in [0.15, 0.2) is 0 Å². The smallest absolute Gasteiger partial charge is 0.319 e. The molecule has 0 aromatic carbocycles. The molecule has 0 aromatic heterocycles. The summed E-state index contributed by atoms with van der Waals surface area (Å²) in [6.07, 6.45) is -5.07. The minimum absolute atomic E-state index is 0.0694. The third kappa shape index (κ3) is 2.07. The molecule has 0 fully saturated rings. The molecule has 0 saturated carbocycles. The van der Waals surface area contributed by atoms with Crippen LogP contribution in [0.4, 0.5) is 26.3 Å². The summed E-state index contributed by atoms with van der Waals surface area (Å²) in [4.78, 5) is 0. The first kappa shape index (κ1) is 14.5. The topological polar surface area (TPSA) is 9.23 Å². The molecule has 0 spiro atoms. The van der Waals surface area contributed by atoms with Gasteiger partial charge in [0.25, 0.3) is 0 Å². The molecule has 0 radical (unpaired) electrons. The van der Waals surface area contributed by atoms with Crippen LogP contribution >= 0.6 is 0 Å². The molecule has 92 valence electrons. The lowest BCUT2D eigenvalue weighted by atomic mass is 9.84. The molecule has 0 bridgehead atoms. The predicted molar refractivity (Wildman–Crippen MR) is 41.6 cm³/mol. The molecule has 1 unspecified atom stereocenters. The largest absolute Gasteiger partial charge is 0.422 e. The van der Waals surface area contributed by atoms with Gasteiger partial charge in [-0.1, -0.05) is 0 Å². The lowest BCUT2D eigenvalue weighted by Gasteiger charge is -2.39. The van der Waals surface area contributed by atoms with Crippen molar-refractivity contribution in [2.24, 2.45) is 0 Å². The van der Waals surface area contributed by atoms with Gasteiger partial charge in [-0.05, 0) is 20.8 Å². The Bertz CT molecular complexity index is 230. The Morgan fingerprint density at radius 3 is 1.33 bits per heavy atom. The second-order valence-electron chi connectivity index (χ2n) is 3.77. The maximum atomic E-state index is 13.4. The number of halogens is 6. The fourth-order valence-corrected chi connectivity index (χ4v) is 0.775. The maximum absolute atomic E-state index is 13.4. The highest BCUT2D eigenvalue weighted by Gasteiger charge is 2.73. The monoisotopic (exact) mass is 238 g/mol. The Balaban J connectivity index is 5.38. The van der Waals surface area contributed by atoms with E-state index in [1.54, 1.807) is 0 Å². The first-order valence-electron chi connectivity index (χ1n) is 4.00. The van der Waals surface area contributed by atoms with Gasteiger partial charge in [-0.3, -0.25) is 0 Å². The van der Waals surface area contributed by atoms with Crippen LogP contribution in [0, 0.1) is 0 Å². The van der Waals surface area contributed by atoms with E-state index in [9.17, 15) is 26.3 Å². The molecule has 0 rings (SSSR count). The molecule has 0 aliphatic rings. The van der Waals surface area contributed by atoms with E-state index < -0.39 is 23.4 Å². The molecule has 7 heteroatoms. The van der Waals surface area contributed by atoms with Gasteiger partial charge < -0.3 is 4.74 Å². The van der Waals surface area contributed by atoms with E-state index in [1.165, 1.54) is 0 Å². The molecule has 0 saturated heterocycles. The van der Waals surface area contributed by atoms with Crippen LogP contribution < -0.4 is 0 Å². The van der Waals surface area contributed by atoms with Crippen LogP contribution in [0.15, 0.2) is 0 Å². The standard InChI is InChI=1S/C8H12F6O/c1-5(2,9)6(3,10)7(11,12)8(13,14)15-4/h1-4H3. The molecule has 1 nitrogen and oxygen atoms in total. The molecule has 1 atom stereocenters. The van der Waals surface area contributed by atoms with Gasteiger partial charge in [0, 0.05) is 7.11 Å². The second-order valence-corrected chi connectivity index (χ2v) is 3.77. The summed E-state index contributed by atoms with van der Waals surface area (Å²) in [7, 11) is 0.287. The van der Waals surface area contributed by atoms with Gasteiger partial charge in [-0.25, -0.2) is 8.78 Å². The summed E-state index contributed by atoms with van der Waals surface area (Å²) in [6.45, 7) is 0.971. The molecular formula is C8H12F6O. The van der Waals surface area contributed by atoms with Gasteiger partial charge >= 0.3 is 12.0 Å². The Morgan fingerprint density at radius 2 is 1.13 bits per heavy atom. The highest BCUT2D eigenvalue weighted by Crippen LogP contribution is 2.50. The molecule has 0 amide bonds. The minimum Gasteiger partial charge on any atom is -0.319 e. The average Bonchev–Trinajstić information content (AvgIpc) is 2.01. The van der Waals surface area contributed by atoms with Crippen molar-refractivity contribution in [3.05, 3.63) is 0 Å². The van der Waals surface area contributed by atoms with Gasteiger partial charge in [0.2, 0.25) is 5.67 Å². The third-order valence-corrected chi connectivity index (χ3v) is 2.33. The lowest BCUT2D eigenvalue weighted by molar-refractivity contribution is -0.380. The lowest BCUT2D eigenvalue weighted by Crippen LogP contribution is -2.63. The fraction of sp³-hybridized carbons (Fsp3) is 1.00. The summed E-state index contributed by atoms with van der Waals surface area (Å²) in [6, 6.07) is 0. The number of ether oxygens (including phenoxy) is 1. The highest BCUT2D eigenvalue weighted by molar-refractivity contribution is 5.05. The number of hydrogen-bond acceptors (Lipinski definition) is 1. The second kappa shape index (κ2) is 3.54. The van der Waals surface area contributed by atoms with E-state index in [0.717, 1.165) is 0 Å². The normalized spacial score (nSPS) is 18.8. The quantitative estimate of drug-likeness (QED) is 0.682. The summed E-state index contributed by atoms with van der Waals surface area (Å²) in [5.74, 6) is -5.27. The Kier molecular flexibility index (Phi) is 3.43. The number of hydrogen-bond donors (Lipinski definition) is 0. The zero-order valence-corrected chi connectivity index (χ0v) is 8.68. The molecule has 0 aliphatic heterocycles. The summed E-state index contributed by atoms with van der Waals surface area (Å²) < 4.78 is 80.8. The van der Waals surface area contributed by atoms with Gasteiger partial charge in [0.1, 0.15) is 5.67 Å². The van der Waals surface area contributed by atoms with Crippen molar-refractivity contribution in [2.75, 3.05) is 7.11 Å². The zero-order valence-electron chi connectivity index (χ0n) is 8.68. The van der Waals surface area contributed by atoms with Crippen molar-refractivity contribution in [3.63, 3.8) is 0 Å². The zero-order chi connectivity index (χ0) is 12.7. The maximum Gasteiger partial charge on any atom is 0.422 e. The highest BCUT2D eigenvalue weighted by atomic mass is 19.3. The molecular weight excluding hydrogens is 226 g/mol. The van der Waals surface area contributed by atoms with Crippen LogP contribution in [-0.2, 0) is 4.74 Å². The first-order valence-corrected chi connectivity index (χ1v) is 4.00. The van der Waals surface area contributed by atoms with Crippen LogP contribution in [0.1, 0.15) is 20.8 Å².